The zero-order chi connectivity index (χ0) is 15.5. The molecule has 1 aromatic heterocycles. The van der Waals surface area contributed by atoms with Gasteiger partial charge < -0.3 is 4.74 Å². The van der Waals surface area contributed by atoms with Crippen LogP contribution in [0, 0.1) is 0 Å². The van der Waals surface area contributed by atoms with Crippen molar-refractivity contribution < 1.29 is 9.53 Å². The van der Waals surface area contributed by atoms with Crippen LogP contribution < -0.4 is 10.1 Å². The summed E-state index contributed by atoms with van der Waals surface area (Å²) < 4.78 is 6.16. The number of ether oxygens (including phenoxy) is 1. The second kappa shape index (κ2) is 5.99. The minimum absolute atomic E-state index is 0.179. The lowest BCUT2D eigenvalue weighted by Gasteiger charge is -2.01. The van der Waals surface area contributed by atoms with E-state index in [1.807, 2.05) is 30.3 Å². The second-order valence-electron chi connectivity index (χ2n) is 4.63. The summed E-state index contributed by atoms with van der Waals surface area (Å²) in [5.74, 6) is 0.593. The van der Waals surface area contributed by atoms with Gasteiger partial charge >= 0.3 is 0 Å². The third-order valence-electron chi connectivity index (χ3n) is 3.22. The highest BCUT2D eigenvalue weighted by atomic mass is 32.1. The molecule has 0 aliphatic heterocycles. The van der Waals surface area contributed by atoms with Gasteiger partial charge in [0.2, 0.25) is 0 Å². The number of amides is 1. The Kier molecular flexibility index (Phi) is 3.89. The van der Waals surface area contributed by atoms with Gasteiger partial charge in [0.15, 0.2) is 5.13 Å². The molecule has 3 aromatic rings. The first kappa shape index (κ1) is 14.3. The molecule has 1 amide bonds. The van der Waals surface area contributed by atoms with Gasteiger partial charge in [-0.15, -0.1) is 0 Å². The van der Waals surface area contributed by atoms with Gasteiger partial charge in [0, 0.05) is 5.56 Å². The van der Waals surface area contributed by atoms with Crippen LogP contribution in [0.15, 0.2) is 49.0 Å². The van der Waals surface area contributed by atoms with Crippen LogP contribution in [0.5, 0.6) is 5.75 Å². The van der Waals surface area contributed by atoms with E-state index in [-0.39, 0.29) is 5.91 Å². The Bertz CT molecular complexity index is 837. The second-order valence-corrected chi connectivity index (χ2v) is 5.66. The maximum Gasteiger partial charge on any atom is 0.257 e. The van der Waals surface area contributed by atoms with Gasteiger partial charge in [-0.2, -0.15) is 0 Å². The van der Waals surface area contributed by atoms with Crippen molar-refractivity contribution >= 4 is 38.7 Å². The Balaban J connectivity index is 1.82. The Labute approximate surface area is 132 Å². The number of hydrogen-bond donors (Lipinski definition) is 1. The number of anilines is 1. The first-order valence-electron chi connectivity index (χ1n) is 6.68. The van der Waals surface area contributed by atoms with Crippen LogP contribution in [0.2, 0.25) is 0 Å². The fraction of sp³-hybridized carbons (Fsp3) is 0.0588. The number of nitrogens with zero attached hydrogens (tertiary/aromatic N) is 1. The van der Waals surface area contributed by atoms with Crippen molar-refractivity contribution in [3.05, 3.63) is 60.2 Å². The quantitative estimate of drug-likeness (QED) is 0.785. The van der Waals surface area contributed by atoms with E-state index in [2.05, 4.69) is 16.9 Å². The molecule has 0 saturated heterocycles. The topological polar surface area (TPSA) is 51.2 Å². The average molecular weight is 310 g/mol. The number of rotatable bonds is 4. The van der Waals surface area contributed by atoms with Gasteiger partial charge in [-0.1, -0.05) is 36.1 Å². The van der Waals surface area contributed by atoms with E-state index < -0.39 is 0 Å². The Morgan fingerprint density at radius 3 is 2.73 bits per heavy atom. The van der Waals surface area contributed by atoms with Crippen molar-refractivity contribution in [3.8, 4) is 5.75 Å². The number of benzene rings is 2. The van der Waals surface area contributed by atoms with Gasteiger partial charge in [-0.25, -0.2) is 4.98 Å². The molecule has 22 heavy (non-hydrogen) atoms. The summed E-state index contributed by atoms with van der Waals surface area (Å²) in [6.07, 6.45) is 1.74. The summed E-state index contributed by atoms with van der Waals surface area (Å²) in [5.41, 5.74) is 2.40. The van der Waals surface area contributed by atoms with E-state index in [1.54, 1.807) is 25.3 Å². The molecule has 1 heterocycles. The molecule has 3 rings (SSSR count). The molecule has 0 saturated carbocycles. The van der Waals surface area contributed by atoms with Gasteiger partial charge in [-0.05, 0) is 35.9 Å². The first-order chi connectivity index (χ1) is 10.7. The lowest BCUT2D eigenvalue weighted by Crippen LogP contribution is -2.11. The van der Waals surface area contributed by atoms with E-state index in [0.29, 0.717) is 10.7 Å². The average Bonchev–Trinajstić information content (AvgIpc) is 2.95. The molecule has 0 aliphatic carbocycles. The van der Waals surface area contributed by atoms with Gasteiger partial charge in [0.05, 0.1) is 17.3 Å². The molecule has 0 spiro atoms. The van der Waals surface area contributed by atoms with Crippen molar-refractivity contribution in [2.24, 2.45) is 0 Å². The van der Waals surface area contributed by atoms with Crippen LogP contribution >= 0.6 is 11.3 Å². The number of carbonyl (C=O) groups excluding carboxylic acids is 1. The number of thiazole rings is 1. The highest BCUT2D eigenvalue weighted by Crippen LogP contribution is 2.29. The van der Waals surface area contributed by atoms with Crippen molar-refractivity contribution in [2.45, 2.75) is 0 Å². The summed E-state index contributed by atoms with van der Waals surface area (Å²) >= 11 is 1.42. The maximum atomic E-state index is 12.2. The summed E-state index contributed by atoms with van der Waals surface area (Å²) in [6, 6.07) is 12.9. The number of nitrogens with one attached hydrogen (secondary N) is 1. The van der Waals surface area contributed by atoms with E-state index >= 15 is 0 Å². The number of carbonyl (C=O) groups is 1. The molecule has 2 aromatic carbocycles. The predicted octanol–water partition coefficient (Wildman–Crippen LogP) is 4.20. The highest BCUT2D eigenvalue weighted by Gasteiger charge is 2.10. The van der Waals surface area contributed by atoms with Crippen molar-refractivity contribution in [2.75, 3.05) is 12.4 Å². The van der Waals surface area contributed by atoms with Crippen LogP contribution in [0.25, 0.3) is 16.3 Å². The Morgan fingerprint density at radius 1 is 1.27 bits per heavy atom. The molecular weight excluding hydrogens is 296 g/mol. The number of aromatic nitrogens is 1. The largest absolute Gasteiger partial charge is 0.497 e. The van der Waals surface area contributed by atoms with Crippen LogP contribution in [-0.2, 0) is 0 Å². The normalized spacial score (nSPS) is 10.4. The van der Waals surface area contributed by atoms with Crippen molar-refractivity contribution in [1.82, 2.24) is 4.98 Å². The Morgan fingerprint density at radius 2 is 2.05 bits per heavy atom. The van der Waals surface area contributed by atoms with Crippen molar-refractivity contribution in [3.63, 3.8) is 0 Å². The highest BCUT2D eigenvalue weighted by molar-refractivity contribution is 7.22. The summed E-state index contributed by atoms with van der Waals surface area (Å²) in [4.78, 5) is 16.6. The molecule has 0 unspecified atom stereocenters. The SMILES string of the molecule is C=Cc1ccc(C(=O)Nc2nc3ccc(OC)cc3s2)cc1. The van der Waals surface area contributed by atoms with Crippen LogP contribution in [0.3, 0.4) is 0 Å². The summed E-state index contributed by atoms with van der Waals surface area (Å²) in [7, 11) is 1.62. The first-order valence-corrected chi connectivity index (χ1v) is 7.49. The Hall–Kier alpha value is -2.66. The standard InChI is InChI=1S/C17H14N2O2S/c1-3-11-4-6-12(7-5-11)16(20)19-17-18-14-9-8-13(21-2)10-15(14)22-17/h3-10H,1H2,2H3,(H,18,19,20). The number of fused-ring (bicyclic) bond motifs is 1. The van der Waals surface area contributed by atoms with E-state index in [4.69, 9.17) is 4.74 Å². The molecule has 0 aliphatic rings. The zero-order valence-electron chi connectivity index (χ0n) is 12.0. The minimum Gasteiger partial charge on any atom is -0.497 e. The van der Waals surface area contributed by atoms with Gasteiger partial charge in [-0.3, -0.25) is 10.1 Å². The monoisotopic (exact) mass is 310 g/mol. The van der Waals surface area contributed by atoms with Gasteiger partial charge in [0.1, 0.15) is 5.75 Å². The molecule has 5 heteroatoms. The lowest BCUT2D eigenvalue weighted by atomic mass is 10.1. The van der Waals surface area contributed by atoms with Crippen LogP contribution in [0.4, 0.5) is 5.13 Å². The lowest BCUT2D eigenvalue weighted by molar-refractivity contribution is 0.102. The molecule has 0 bridgehead atoms. The molecule has 1 N–H and O–H groups in total. The molecule has 4 nitrogen and oxygen atoms in total. The molecular formula is C17H14N2O2S. The number of methoxy groups -OCH3 is 1. The fourth-order valence-corrected chi connectivity index (χ4v) is 2.91. The van der Waals surface area contributed by atoms with E-state index in [9.17, 15) is 4.79 Å². The summed E-state index contributed by atoms with van der Waals surface area (Å²) in [6.45, 7) is 3.69. The van der Waals surface area contributed by atoms with Crippen LogP contribution in [-0.4, -0.2) is 18.0 Å². The maximum absolute atomic E-state index is 12.2. The van der Waals surface area contributed by atoms with Crippen LogP contribution in [0.1, 0.15) is 15.9 Å². The molecule has 0 radical (unpaired) electrons. The van der Waals surface area contributed by atoms with Crippen molar-refractivity contribution in [1.29, 1.82) is 0 Å². The predicted molar refractivity (Wildman–Crippen MR) is 90.7 cm³/mol. The molecule has 0 fully saturated rings. The summed E-state index contributed by atoms with van der Waals surface area (Å²) in [5, 5.41) is 3.39. The third kappa shape index (κ3) is 2.84. The smallest absolute Gasteiger partial charge is 0.257 e. The third-order valence-corrected chi connectivity index (χ3v) is 4.16. The van der Waals surface area contributed by atoms with Gasteiger partial charge in [0.25, 0.3) is 5.91 Å². The minimum atomic E-state index is -0.179. The molecule has 0 atom stereocenters. The fourth-order valence-electron chi connectivity index (χ4n) is 2.03. The zero-order valence-corrected chi connectivity index (χ0v) is 12.8. The molecule has 110 valence electrons. The van der Waals surface area contributed by atoms with E-state index in [1.165, 1.54) is 11.3 Å². The number of hydrogen-bond acceptors (Lipinski definition) is 4. The van der Waals surface area contributed by atoms with E-state index in [0.717, 1.165) is 21.5 Å².